The zero-order valence-corrected chi connectivity index (χ0v) is 13.3. The number of alkyl halides is 1. The lowest BCUT2D eigenvalue weighted by atomic mass is 10.2. The highest BCUT2D eigenvalue weighted by molar-refractivity contribution is 9.09. The van der Waals surface area contributed by atoms with Crippen molar-refractivity contribution in [3.63, 3.8) is 0 Å². The summed E-state index contributed by atoms with van der Waals surface area (Å²) in [6.45, 7) is 4.71. The van der Waals surface area contributed by atoms with Crippen molar-refractivity contribution in [3.05, 3.63) is 16.5 Å². The summed E-state index contributed by atoms with van der Waals surface area (Å²) in [4.78, 5) is 26.7. The van der Waals surface area contributed by atoms with E-state index >= 15 is 0 Å². The molecule has 1 atom stereocenters. The molecule has 0 spiro atoms. The first-order chi connectivity index (χ1) is 9.06. The van der Waals surface area contributed by atoms with Gasteiger partial charge in [0.05, 0.1) is 12.2 Å². The fraction of sp³-hybridized carbons (Fsp3) is 0.538. The number of hydrogen-bond acceptors (Lipinski definition) is 4. The van der Waals surface area contributed by atoms with Gasteiger partial charge in [-0.2, -0.15) is 0 Å². The van der Waals surface area contributed by atoms with Crippen molar-refractivity contribution in [2.24, 2.45) is 5.92 Å². The number of nitrogens with zero attached hydrogens (tertiary/aromatic N) is 1. The number of halogens is 1. The molecule has 0 radical (unpaired) electrons. The standard InChI is InChI=1S/C13H16BrNO3S/c1-3-18-13(17)10-4-8(2)19-12(10)15-7-9(6-14)5-11(15)16/h4,9H,3,5-7H2,1-2H3. The number of amides is 1. The fourth-order valence-electron chi connectivity index (χ4n) is 2.14. The first kappa shape index (κ1) is 14.5. The molecule has 0 aliphatic carbocycles. The quantitative estimate of drug-likeness (QED) is 0.622. The van der Waals surface area contributed by atoms with Gasteiger partial charge in [0.15, 0.2) is 0 Å². The molecule has 1 saturated heterocycles. The lowest BCUT2D eigenvalue weighted by Crippen LogP contribution is -2.25. The lowest BCUT2D eigenvalue weighted by molar-refractivity contribution is -0.117. The minimum Gasteiger partial charge on any atom is -0.462 e. The highest BCUT2D eigenvalue weighted by Crippen LogP contribution is 2.36. The number of hydrogen-bond donors (Lipinski definition) is 0. The van der Waals surface area contributed by atoms with Crippen molar-refractivity contribution in [2.45, 2.75) is 20.3 Å². The average molecular weight is 346 g/mol. The number of rotatable bonds is 4. The van der Waals surface area contributed by atoms with Crippen molar-refractivity contribution in [2.75, 3.05) is 23.4 Å². The molecule has 2 heterocycles. The molecular formula is C13H16BrNO3S. The zero-order chi connectivity index (χ0) is 14.0. The second-order valence-corrected chi connectivity index (χ2v) is 6.41. The van der Waals surface area contributed by atoms with Crippen LogP contribution in [-0.4, -0.2) is 30.4 Å². The first-order valence-electron chi connectivity index (χ1n) is 6.20. The SMILES string of the molecule is CCOC(=O)c1cc(C)sc1N1CC(CBr)CC1=O. The van der Waals surface area contributed by atoms with Gasteiger partial charge < -0.3 is 9.64 Å². The van der Waals surface area contributed by atoms with E-state index in [-0.39, 0.29) is 11.9 Å². The molecule has 1 fully saturated rings. The molecule has 4 nitrogen and oxygen atoms in total. The molecule has 1 aromatic rings. The van der Waals surface area contributed by atoms with Gasteiger partial charge in [0.25, 0.3) is 0 Å². The average Bonchev–Trinajstić information content (AvgIpc) is 2.92. The van der Waals surface area contributed by atoms with Crippen molar-refractivity contribution >= 4 is 44.1 Å². The minimum atomic E-state index is -0.350. The van der Waals surface area contributed by atoms with Crippen LogP contribution in [0.4, 0.5) is 5.00 Å². The number of carbonyl (C=O) groups excluding carboxylic acids is 2. The number of anilines is 1. The van der Waals surface area contributed by atoms with Crippen LogP contribution in [0.5, 0.6) is 0 Å². The van der Waals surface area contributed by atoms with Crippen molar-refractivity contribution in [1.29, 1.82) is 0 Å². The fourth-order valence-corrected chi connectivity index (χ4v) is 3.59. The smallest absolute Gasteiger partial charge is 0.341 e. The monoisotopic (exact) mass is 345 g/mol. The van der Waals surface area contributed by atoms with E-state index in [0.29, 0.717) is 31.1 Å². The summed E-state index contributed by atoms with van der Waals surface area (Å²) in [6, 6.07) is 1.80. The highest BCUT2D eigenvalue weighted by Gasteiger charge is 2.33. The predicted molar refractivity (Wildman–Crippen MR) is 79.3 cm³/mol. The van der Waals surface area contributed by atoms with Crippen molar-refractivity contribution in [3.8, 4) is 0 Å². The maximum atomic E-state index is 12.0. The molecular weight excluding hydrogens is 330 g/mol. The number of aryl methyl sites for hydroxylation is 1. The van der Waals surface area contributed by atoms with Gasteiger partial charge in [-0.05, 0) is 25.8 Å². The number of esters is 1. The summed E-state index contributed by atoms with van der Waals surface area (Å²) in [5.41, 5.74) is 0.507. The predicted octanol–water partition coefficient (Wildman–Crippen LogP) is 2.98. The van der Waals surface area contributed by atoms with Gasteiger partial charge in [0.1, 0.15) is 5.00 Å². The van der Waals surface area contributed by atoms with Crippen LogP contribution in [0.25, 0.3) is 0 Å². The van der Waals surface area contributed by atoms with E-state index in [1.54, 1.807) is 17.9 Å². The molecule has 1 aliphatic heterocycles. The molecule has 0 aromatic carbocycles. The van der Waals surface area contributed by atoms with E-state index in [1.165, 1.54) is 11.3 Å². The minimum absolute atomic E-state index is 0.0804. The van der Waals surface area contributed by atoms with Crippen LogP contribution < -0.4 is 4.90 Å². The molecule has 1 amide bonds. The summed E-state index contributed by atoms with van der Waals surface area (Å²) in [5.74, 6) is 0.0405. The van der Waals surface area contributed by atoms with Crippen LogP contribution in [0, 0.1) is 12.8 Å². The third-order valence-corrected chi connectivity index (χ3v) is 4.99. The molecule has 0 N–H and O–H groups in total. The van der Waals surface area contributed by atoms with E-state index in [2.05, 4.69) is 15.9 Å². The molecule has 6 heteroatoms. The Hall–Kier alpha value is -0.880. The van der Waals surface area contributed by atoms with Gasteiger partial charge in [0, 0.05) is 23.2 Å². The second-order valence-electron chi connectivity index (χ2n) is 4.53. The van der Waals surface area contributed by atoms with E-state index in [9.17, 15) is 9.59 Å². The Morgan fingerprint density at radius 1 is 1.63 bits per heavy atom. The van der Waals surface area contributed by atoms with Gasteiger partial charge in [-0.3, -0.25) is 4.79 Å². The number of ether oxygens (including phenoxy) is 1. The topological polar surface area (TPSA) is 46.6 Å². The summed E-state index contributed by atoms with van der Waals surface area (Å²) < 4.78 is 5.05. The number of thiophene rings is 1. The summed E-state index contributed by atoms with van der Waals surface area (Å²) in [6.07, 6.45) is 0.532. The second kappa shape index (κ2) is 6.05. The van der Waals surface area contributed by atoms with E-state index in [1.807, 2.05) is 6.92 Å². The molecule has 2 rings (SSSR count). The molecule has 19 heavy (non-hydrogen) atoms. The maximum Gasteiger partial charge on any atom is 0.341 e. The third kappa shape index (κ3) is 3.00. The molecule has 1 aromatic heterocycles. The maximum absolute atomic E-state index is 12.0. The Labute approximate surface area is 124 Å². The van der Waals surface area contributed by atoms with Crippen LogP contribution in [0.1, 0.15) is 28.6 Å². The Morgan fingerprint density at radius 3 is 2.95 bits per heavy atom. The first-order valence-corrected chi connectivity index (χ1v) is 8.14. The Kier molecular flexibility index (Phi) is 4.62. The third-order valence-electron chi connectivity index (χ3n) is 3.00. The highest BCUT2D eigenvalue weighted by atomic mass is 79.9. The van der Waals surface area contributed by atoms with Crippen LogP contribution in [0.15, 0.2) is 6.07 Å². The van der Waals surface area contributed by atoms with Crippen LogP contribution in [-0.2, 0) is 9.53 Å². The zero-order valence-electron chi connectivity index (χ0n) is 10.9. The molecule has 1 aliphatic rings. The Morgan fingerprint density at radius 2 is 2.37 bits per heavy atom. The molecule has 1 unspecified atom stereocenters. The normalized spacial score (nSPS) is 19.0. The Bertz CT molecular complexity index is 500. The molecule has 0 bridgehead atoms. The largest absolute Gasteiger partial charge is 0.462 e. The van der Waals surface area contributed by atoms with E-state index in [4.69, 9.17) is 4.74 Å². The van der Waals surface area contributed by atoms with Gasteiger partial charge in [-0.15, -0.1) is 11.3 Å². The summed E-state index contributed by atoms with van der Waals surface area (Å²) in [5, 5.41) is 1.53. The summed E-state index contributed by atoms with van der Waals surface area (Å²) in [7, 11) is 0. The van der Waals surface area contributed by atoms with Crippen LogP contribution in [0.2, 0.25) is 0 Å². The molecule has 0 saturated carbocycles. The van der Waals surface area contributed by atoms with Gasteiger partial charge in [-0.1, -0.05) is 15.9 Å². The van der Waals surface area contributed by atoms with Crippen molar-refractivity contribution < 1.29 is 14.3 Å². The van der Waals surface area contributed by atoms with E-state index in [0.717, 1.165) is 15.2 Å². The Balaban J connectivity index is 2.29. The number of carbonyl (C=O) groups is 2. The van der Waals surface area contributed by atoms with E-state index < -0.39 is 0 Å². The van der Waals surface area contributed by atoms with Gasteiger partial charge >= 0.3 is 5.97 Å². The van der Waals surface area contributed by atoms with Crippen LogP contribution in [0.3, 0.4) is 0 Å². The van der Waals surface area contributed by atoms with Gasteiger partial charge in [0.2, 0.25) is 5.91 Å². The lowest BCUT2D eigenvalue weighted by Gasteiger charge is -2.15. The molecule has 104 valence electrons. The van der Waals surface area contributed by atoms with Crippen LogP contribution >= 0.6 is 27.3 Å². The summed E-state index contributed by atoms with van der Waals surface area (Å²) >= 11 is 4.89. The van der Waals surface area contributed by atoms with Gasteiger partial charge in [-0.25, -0.2) is 4.79 Å². The van der Waals surface area contributed by atoms with Crippen molar-refractivity contribution in [1.82, 2.24) is 0 Å².